The Bertz CT molecular complexity index is 614. The summed E-state index contributed by atoms with van der Waals surface area (Å²) in [6.07, 6.45) is 7.13. The maximum absolute atomic E-state index is 4.71. The molecule has 2 saturated heterocycles. The molecule has 0 amide bonds. The lowest BCUT2D eigenvalue weighted by molar-refractivity contribution is 0.479. The first-order valence-corrected chi connectivity index (χ1v) is 7.64. The van der Waals surface area contributed by atoms with Crippen molar-refractivity contribution in [2.24, 2.45) is 0 Å². The Morgan fingerprint density at radius 3 is 3.05 bits per heavy atom. The summed E-state index contributed by atoms with van der Waals surface area (Å²) in [5.74, 6) is 0.895. The number of nitrogens with zero attached hydrogens (tertiary/aromatic N) is 4. The topological polar surface area (TPSA) is 45.5 Å². The minimum absolute atomic E-state index is 0.566. The summed E-state index contributed by atoms with van der Waals surface area (Å²) in [5, 5.41) is 8.32. The van der Waals surface area contributed by atoms with Gasteiger partial charge in [0.05, 0.1) is 0 Å². The standard InChI is InChI=1S/C15H21N5/c1-11-6-7-14-17-15(18-20(14)10-11)19-9-3-5-13(19)12-4-2-8-16-12/h6-7,10,12-13,16H,2-5,8-9H2,1H3. The van der Waals surface area contributed by atoms with E-state index in [9.17, 15) is 0 Å². The number of anilines is 1. The molecule has 106 valence electrons. The van der Waals surface area contributed by atoms with E-state index >= 15 is 0 Å². The molecular weight excluding hydrogens is 250 g/mol. The van der Waals surface area contributed by atoms with Gasteiger partial charge in [-0.05, 0) is 50.8 Å². The van der Waals surface area contributed by atoms with Crippen LogP contribution in [0.2, 0.25) is 0 Å². The highest BCUT2D eigenvalue weighted by Gasteiger charge is 2.35. The normalized spacial score (nSPS) is 26.8. The molecule has 2 fully saturated rings. The first-order valence-electron chi connectivity index (χ1n) is 7.64. The second kappa shape index (κ2) is 4.74. The first-order chi connectivity index (χ1) is 9.81. The summed E-state index contributed by atoms with van der Waals surface area (Å²) in [4.78, 5) is 7.12. The average molecular weight is 271 g/mol. The average Bonchev–Trinajstić information content (AvgIpc) is 3.17. The highest BCUT2D eigenvalue weighted by molar-refractivity contribution is 5.46. The van der Waals surface area contributed by atoms with Crippen molar-refractivity contribution in [3.05, 3.63) is 23.9 Å². The Hall–Kier alpha value is -1.62. The van der Waals surface area contributed by atoms with E-state index in [1.807, 2.05) is 16.8 Å². The van der Waals surface area contributed by atoms with Gasteiger partial charge in [-0.2, -0.15) is 4.98 Å². The second-order valence-electron chi connectivity index (χ2n) is 6.03. The lowest BCUT2D eigenvalue weighted by Gasteiger charge is -2.28. The summed E-state index contributed by atoms with van der Waals surface area (Å²) in [6.45, 7) is 4.33. The van der Waals surface area contributed by atoms with Crippen LogP contribution in [0, 0.1) is 6.92 Å². The Morgan fingerprint density at radius 2 is 2.20 bits per heavy atom. The van der Waals surface area contributed by atoms with Gasteiger partial charge in [0.15, 0.2) is 5.65 Å². The third-order valence-corrected chi connectivity index (χ3v) is 4.59. The molecule has 0 aromatic carbocycles. The van der Waals surface area contributed by atoms with Crippen molar-refractivity contribution in [3.63, 3.8) is 0 Å². The van der Waals surface area contributed by atoms with Crippen LogP contribution in [0.1, 0.15) is 31.2 Å². The Balaban J connectivity index is 1.66. The Kier molecular flexibility index (Phi) is 2.88. The smallest absolute Gasteiger partial charge is 0.245 e. The molecule has 0 bridgehead atoms. The van der Waals surface area contributed by atoms with E-state index in [0.717, 1.165) is 24.7 Å². The number of hydrogen-bond donors (Lipinski definition) is 1. The lowest BCUT2D eigenvalue weighted by atomic mass is 10.0. The van der Waals surface area contributed by atoms with Gasteiger partial charge in [0.25, 0.3) is 0 Å². The molecule has 1 N–H and O–H groups in total. The van der Waals surface area contributed by atoms with E-state index in [1.165, 1.54) is 31.2 Å². The van der Waals surface area contributed by atoms with Crippen molar-refractivity contribution >= 4 is 11.6 Å². The van der Waals surface area contributed by atoms with Crippen LogP contribution in [0.15, 0.2) is 18.3 Å². The third-order valence-electron chi connectivity index (χ3n) is 4.59. The molecule has 0 aliphatic carbocycles. The molecule has 2 aromatic heterocycles. The number of fused-ring (bicyclic) bond motifs is 1. The molecule has 4 heterocycles. The van der Waals surface area contributed by atoms with Gasteiger partial charge in [0.1, 0.15) is 0 Å². The van der Waals surface area contributed by atoms with E-state index in [4.69, 9.17) is 4.98 Å². The van der Waals surface area contributed by atoms with E-state index in [-0.39, 0.29) is 0 Å². The summed E-state index contributed by atoms with van der Waals surface area (Å²) in [7, 11) is 0. The predicted molar refractivity (Wildman–Crippen MR) is 79.1 cm³/mol. The number of aromatic nitrogens is 3. The van der Waals surface area contributed by atoms with Crippen molar-refractivity contribution in [1.29, 1.82) is 0 Å². The van der Waals surface area contributed by atoms with Crippen LogP contribution < -0.4 is 10.2 Å². The maximum atomic E-state index is 4.71. The lowest BCUT2D eigenvalue weighted by Crippen LogP contribution is -2.44. The minimum atomic E-state index is 0.566. The molecule has 2 unspecified atom stereocenters. The molecule has 2 aliphatic rings. The Morgan fingerprint density at radius 1 is 1.25 bits per heavy atom. The number of pyridine rings is 1. The molecule has 2 aromatic rings. The largest absolute Gasteiger partial charge is 0.335 e. The van der Waals surface area contributed by atoms with Crippen LogP contribution in [0.25, 0.3) is 5.65 Å². The third kappa shape index (κ3) is 1.97. The fourth-order valence-corrected chi connectivity index (χ4v) is 3.59. The van der Waals surface area contributed by atoms with Crippen molar-refractivity contribution in [2.45, 2.75) is 44.7 Å². The zero-order valence-corrected chi connectivity index (χ0v) is 11.9. The number of nitrogens with one attached hydrogen (secondary N) is 1. The molecule has 5 heteroatoms. The van der Waals surface area contributed by atoms with Gasteiger partial charge in [-0.25, -0.2) is 4.52 Å². The number of aryl methyl sites for hydroxylation is 1. The molecular formula is C15H21N5. The van der Waals surface area contributed by atoms with E-state index in [1.54, 1.807) is 0 Å². The summed E-state index contributed by atoms with van der Waals surface area (Å²) < 4.78 is 1.90. The molecule has 0 saturated carbocycles. The zero-order chi connectivity index (χ0) is 13.5. The molecule has 20 heavy (non-hydrogen) atoms. The first kappa shape index (κ1) is 12.1. The quantitative estimate of drug-likeness (QED) is 0.904. The molecule has 0 radical (unpaired) electrons. The molecule has 2 atom stereocenters. The monoisotopic (exact) mass is 271 g/mol. The zero-order valence-electron chi connectivity index (χ0n) is 11.9. The fraction of sp³-hybridized carbons (Fsp3) is 0.600. The minimum Gasteiger partial charge on any atom is -0.335 e. The predicted octanol–water partition coefficient (Wildman–Crippen LogP) is 1.76. The molecule has 4 rings (SSSR count). The Labute approximate surface area is 119 Å². The van der Waals surface area contributed by atoms with Gasteiger partial charge in [0.2, 0.25) is 5.95 Å². The van der Waals surface area contributed by atoms with Gasteiger partial charge in [-0.3, -0.25) is 0 Å². The maximum Gasteiger partial charge on any atom is 0.245 e. The van der Waals surface area contributed by atoms with Crippen molar-refractivity contribution < 1.29 is 0 Å². The van der Waals surface area contributed by atoms with Crippen LogP contribution in [0.3, 0.4) is 0 Å². The van der Waals surface area contributed by atoms with E-state index < -0.39 is 0 Å². The molecule has 2 aliphatic heterocycles. The molecule has 0 spiro atoms. The molecule has 5 nitrogen and oxygen atoms in total. The van der Waals surface area contributed by atoms with Crippen LogP contribution in [0.5, 0.6) is 0 Å². The van der Waals surface area contributed by atoms with Crippen LogP contribution in [-0.4, -0.2) is 39.8 Å². The van der Waals surface area contributed by atoms with Crippen molar-refractivity contribution in [2.75, 3.05) is 18.0 Å². The highest BCUT2D eigenvalue weighted by Crippen LogP contribution is 2.28. The van der Waals surface area contributed by atoms with Gasteiger partial charge in [0, 0.05) is 24.8 Å². The number of rotatable bonds is 2. The van der Waals surface area contributed by atoms with Crippen molar-refractivity contribution in [3.8, 4) is 0 Å². The van der Waals surface area contributed by atoms with Crippen molar-refractivity contribution in [1.82, 2.24) is 19.9 Å². The highest BCUT2D eigenvalue weighted by atomic mass is 15.4. The van der Waals surface area contributed by atoms with Crippen LogP contribution in [0.4, 0.5) is 5.95 Å². The summed E-state index contributed by atoms with van der Waals surface area (Å²) >= 11 is 0. The van der Waals surface area contributed by atoms with Gasteiger partial charge >= 0.3 is 0 Å². The van der Waals surface area contributed by atoms with Gasteiger partial charge in [-0.15, -0.1) is 5.10 Å². The number of hydrogen-bond acceptors (Lipinski definition) is 4. The van der Waals surface area contributed by atoms with Gasteiger partial charge < -0.3 is 10.2 Å². The van der Waals surface area contributed by atoms with Gasteiger partial charge in [-0.1, -0.05) is 6.07 Å². The SMILES string of the molecule is Cc1ccc2nc(N3CCCC3C3CCCN3)nn2c1. The van der Waals surface area contributed by atoms with Crippen LogP contribution >= 0.6 is 0 Å². The summed E-state index contributed by atoms with van der Waals surface area (Å²) in [5.41, 5.74) is 2.15. The van der Waals surface area contributed by atoms with Crippen LogP contribution in [-0.2, 0) is 0 Å². The second-order valence-corrected chi connectivity index (χ2v) is 6.03. The van der Waals surface area contributed by atoms with E-state index in [0.29, 0.717) is 12.1 Å². The van der Waals surface area contributed by atoms with E-state index in [2.05, 4.69) is 28.3 Å². The summed E-state index contributed by atoms with van der Waals surface area (Å²) in [6, 6.07) is 5.32. The fourth-order valence-electron chi connectivity index (χ4n) is 3.59.